The molecule has 2 heterocycles. The van der Waals surface area contributed by atoms with Crippen molar-refractivity contribution in [1.29, 1.82) is 0 Å². The van der Waals surface area contributed by atoms with Crippen molar-refractivity contribution in [2.24, 2.45) is 17.9 Å². The number of aromatic nitrogens is 3. The molecule has 2 aromatic rings. The molecule has 2 rings (SSSR count). The molecule has 0 aliphatic heterocycles. The molecule has 100 valence electrons. The molecule has 0 aliphatic rings. The molecule has 0 saturated heterocycles. The molecule has 0 atom stereocenters. The highest BCUT2D eigenvalue weighted by Gasteiger charge is 2.12. The van der Waals surface area contributed by atoms with E-state index in [2.05, 4.69) is 15.2 Å². The number of pyridine rings is 1. The Hall–Kier alpha value is -2.57. The molecule has 0 radical (unpaired) electrons. The van der Waals surface area contributed by atoms with Gasteiger partial charge in [-0.05, 0) is 19.9 Å². The van der Waals surface area contributed by atoms with Crippen LogP contribution in [0.2, 0.25) is 0 Å². The van der Waals surface area contributed by atoms with Crippen molar-refractivity contribution < 1.29 is 9.94 Å². The Labute approximate surface area is 110 Å². The van der Waals surface area contributed by atoms with Crippen LogP contribution in [0.4, 0.5) is 0 Å². The van der Waals surface area contributed by atoms with Crippen LogP contribution in [-0.2, 0) is 7.05 Å². The van der Waals surface area contributed by atoms with Gasteiger partial charge in [0.15, 0.2) is 11.6 Å². The fourth-order valence-electron chi connectivity index (χ4n) is 1.66. The van der Waals surface area contributed by atoms with Gasteiger partial charge in [-0.1, -0.05) is 5.16 Å². The molecular weight excluding hydrogens is 246 g/mol. The van der Waals surface area contributed by atoms with Gasteiger partial charge in [-0.3, -0.25) is 4.68 Å². The number of oxime groups is 1. The summed E-state index contributed by atoms with van der Waals surface area (Å²) in [5.74, 6) is 1.12. The van der Waals surface area contributed by atoms with Gasteiger partial charge >= 0.3 is 0 Å². The minimum absolute atomic E-state index is 0.00721. The minimum atomic E-state index is 0.00721. The van der Waals surface area contributed by atoms with E-state index >= 15 is 0 Å². The van der Waals surface area contributed by atoms with Gasteiger partial charge in [-0.2, -0.15) is 5.10 Å². The lowest BCUT2D eigenvalue weighted by molar-refractivity contribution is 0.318. The fourth-order valence-corrected chi connectivity index (χ4v) is 1.66. The molecule has 7 nitrogen and oxygen atoms in total. The van der Waals surface area contributed by atoms with Crippen molar-refractivity contribution in [2.75, 3.05) is 0 Å². The number of hydrogen-bond donors (Lipinski definition) is 2. The molecule has 0 fully saturated rings. The van der Waals surface area contributed by atoms with Crippen LogP contribution in [0.3, 0.4) is 0 Å². The quantitative estimate of drug-likeness (QED) is 0.376. The largest absolute Gasteiger partial charge is 0.435 e. The van der Waals surface area contributed by atoms with E-state index in [9.17, 15) is 0 Å². The smallest absolute Gasteiger partial charge is 0.219 e. The number of amidine groups is 1. The Morgan fingerprint density at radius 2 is 2.16 bits per heavy atom. The second kappa shape index (κ2) is 4.97. The molecule has 0 saturated carbocycles. The van der Waals surface area contributed by atoms with Gasteiger partial charge in [0.05, 0.1) is 5.69 Å². The molecule has 0 bridgehead atoms. The van der Waals surface area contributed by atoms with E-state index in [-0.39, 0.29) is 5.84 Å². The normalized spacial score (nSPS) is 11.6. The third kappa shape index (κ3) is 2.49. The van der Waals surface area contributed by atoms with Crippen molar-refractivity contribution >= 4 is 5.84 Å². The number of rotatable bonds is 3. The second-order valence-corrected chi connectivity index (χ2v) is 4.10. The lowest BCUT2D eigenvalue weighted by Crippen LogP contribution is -2.13. The van der Waals surface area contributed by atoms with Crippen molar-refractivity contribution in [3.8, 4) is 11.6 Å². The Morgan fingerprint density at radius 1 is 1.42 bits per heavy atom. The van der Waals surface area contributed by atoms with Crippen LogP contribution >= 0.6 is 0 Å². The van der Waals surface area contributed by atoms with Crippen LogP contribution in [0.5, 0.6) is 11.6 Å². The van der Waals surface area contributed by atoms with E-state index in [4.69, 9.17) is 15.7 Å². The van der Waals surface area contributed by atoms with E-state index in [0.29, 0.717) is 17.2 Å². The van der Waals surface area contributed by atoms with E-state index < -0.39 is 0 Å². The maximum Gasteiger partial charge on any atom is 0.219 e. The molecule has 2 aromatic heterocycles. The summed E-state index contributed by atoms with van der Waals surface area (Å²) in [4.78, 5) is 4.10. The highest BCUT2D eigenvalue weighted by molar-refractivity contribution is 5.96. The molecule has 0 aliphatic carbocycles. The summed E-state index contributed by atoms with van der Waals surface area (Å²) in [5, 5.41) is 15.7. The Kier molecular flexibility index (Phi) is 3.37. The fraction of sp³-hybridized carbons (Fsp3) is 0.250. The molecular formula is C12H15N5O2. The highest BCUT2D eigenvalue weighted by atomic mass is 16.5. The lowest BCUT2D eigenvalue weighted by atomic mass is 10.3. The van der Waals surface area contributed by atoms with Crippen LogP contribution in [0, 0.1) is 13.8 Å². The van der Waals surface area contributed by atoms with E-state index in [0.717, 1.165) is 11.4 Å². The van der Waals surface area contributed by atoms with E-state index in [1.54, 1.807) is 16.8 Å². The Bertz CT molecular complexity index is 616. The second-order valence-electron chi connectivity index (χ2n) is 4.10. The maximum atomic E-state index is 8.56. The standard InChI is InChI=1S/C12H15N5O2/c1-7-11(8(2)17(3)15-7)19-10-5-4-9(6-14-10)12(13)16-18/h4-6,18H,1-3H3,(H2,13,16). The first-order chi connectivity index (χ1) is 9.02. The molecule has 7 heteroatoms. The topological polar surface area (TPSA) is 98.6 Å². The molecule has 19 heavy (non-hydrogen) atoms. The SMILES string of the molecule is Cc1nn(C)c(C)c1Oc1ccc(C(N)=NO)cn1. The molecule has 0 unspecified atom stereocenters. The van der Waals surface area contributed by atoms with Gasteiger partial charge in [0.1, 0.15) is 5.69 Å². The van der Waals surface area contributed by atoms with Gasteiger partial charge in [0.25, 0.3) is 0 Å². The average molecular weight is 261 g/mol. The predicted octanol–water partition coefficient (Wildman–Crippen LogP) is 1.32. The summed E-state index contributed by atoms with van der Waals surface area (Å²) in [6.07, 6.45) is 1.48. The summed E-state index contributed by atoms with van der Waals surface area (Å²) in [5.41, 5.74) is 7.69. The van der Waals surface area contributed by atoms with Crippen molar-refractivity contribution in [3.05, 3.63) is 35.3 Å². The average Bonchev–Trinajstić information content (AvgIpc) is 2.65. The summed E-state index contributed by atoms with van der Waals surface area (Å²) in [6, 6.07) is 3.32. The van der Waals surface area contributed by atoms with E-state index in [1.807, 2.05) is 20.9 Å². The third-order valence-electron chi connectivity index (χ3n) is 2.79. The van der Waals surface area contributed by atoms with Crippen LogP contribution in [0.1, 0.15) is 17.0 Å². The molecule has 0 amide bonds. The first kappa shape index (κ1) is 12.9. The number of aryl methyl sites for hydroxylation is 2. The molecule has 3 N–H and O–H groups in total. The zero-order valence-corrected chi connectivity index (χ0v) is 11.0. The first-order valence-corrected chi connectivity index (χ1v) is 5.65. The number of nitrogens with zero attached hydrogens (tertiary/aromatic N) is 4. The monoisotopic (exact) mass is 261 g/mol. The van der Waals surface area contributed by atoms with Gasteiger partial charge < -0.3 is 15.7 Å². The van der Waals surface area contributed by atoms with Gasteiger partial charge in [0, 0.05) is 24.9 Å². The zero-order chi connectivity index (χ0) is 14.0. The summed E-state index contributed by atoms with van der Waals surface area (Å²) in [6.45, 7) is 3.78. The summed E-state index contributed by atoms with van der Waals surface area (Å²) >= 11 is 0. The van der Waals surface area contributed by atoms with Crippen molar-refractivity contribution in [2.45, 2.75) is 13.8 Å². The van der Waals surface area contributed by atoms with Gasteiger partial charge in [0.2, 0.25) is 5.88 Å². The van der Waals surface area contributed by atoms with Crippen LogP contribution < -0.4 is 10.5 Å². The lowest BCUT2D eigenvalue weighted by Gasteiger charge is -2.05. The Balaban J connectivity index is 2.25. The van der Waals surface area contributed by atoms with E-state index in [1.165, 1.54) is 6.20 Å². The number of hydrogen-bond acceptors (Lipinski definition) is 5. The summed E-state index contributed by atoms with van der Waals surface area (Å²) < 4.78 is 7.44. The number of nitrogens with two attached hydrogens (primary N) is 1. The summed E-state index contributed by atoms with van der Waals surface area (Å²) in [7, 11) is 1.85. The van der Waals surface area contributed by atoms with Gasteiger partial charge in [-0.15, -0.1) is 0 Å². The molecule has 0 spiro atoms. The number of ether oxygens (including phenoxy) is 1. The molecule has 0 aromatic carbocycles. The zero-order valence-electron chi connectivity index (χ0n) is 11.0. The maximum absolute atomic E-state index is 8.56. The Morgan fingerprint density at radius 3 is 2.63 bits per heavy atom. The van der Waals surface area contributed by atoms with Crippen LogP contribution in [-0.4, -0.2) is 25.8 Å². The minimum Gasteiger partial charge on any atom is -0.435 e. The predicted molar refractivity (Wildman–Crippen MR) is 69.5 cm³/mol. The van der Waals surface area contributed by atoms with Crippen LogP contribution in [0.15, 0.2) is 23.5 Å². The third-order valence-corrected chi connectivity index (χ3v) is 2.79. The first-order valence-electron chi connectivity index (χ1n) is 5.65. The highest BCUT2D eigenvalue weighted by Crippen LogP contribution is 2.26. The van der Waals surface area contributed by atoms with Crippen LogP contribution in [0.25, 0.3) is 0 Å². The van der Waals surface area contributed by atoms with Crippen molar-refractivity contribution in [3.63, 3.8) is 0 Å². The van der Waals surface area contributed by atoms with Gasteiger partial charge in [-0.25, -0.2) is 4.98 Å². The van der Waals surface area contributed by atoms with Crippen molar-refractivity contribution in [1.82, 2.24) is 14.8 Å².